The SMILES string of the molecule is C1=CCC(c2ccc3c(c2)c2ccccc2n3-c2cccc(-c3cccc(-c4ccc5oc6ccc(-n7c8ccccc8c8ccccc87)cc6c5c4)c3)c2)C=C1. The average molecular weight is 729 g/mol. The van der Waals surface area contributed by atoms with Gasteiger partial charge in [-0.3, -0.25) is 0 Å². The zero-order valence-electron chi connectivity index (χ0n) is 31.1. The molecule has 0 radical (unpaired) electrons. The lowest BCUT2D eigenvalue weighted by molar-refractivity contribution is 0.669. The lowest BCUT2D eigenvalue weighted by Crippen LogP contribution is -1.97. The number of fused-ring (bicyclic) bond motifs is 9. The lowest BCUT2D eigenvalue weighted by Gasteiger charge is -2.14. The molecule has 1 aliphatic rings. The number of para-hydroxylation sites is 3. The molecular formula is C54H36N2O. The fraction of sp³-hybridized carbons (Fsp3) is 0.0370. The van der Waals surface area contributed by atoms with E-state index in [0.29, 0.717) is 5.92 Å². The highest BCUT2D eigenvalue weighted by molar-refractivity contribution is 6.12. The third kappa shape index (κ3) is 5.06. The maximum absolute atomic E-state index is 6.41. The van der Waals surface area contributed by atoms with Gasteiger partial charge in [-0.1, -0.05) is 121 Å². The molecule has 11 aromatic rings. The number of nitrogens with zero attached hydrogens (tertiary/aromatic N) is 2. The van der Waals surface area contributed by atoms with Crippen LogP contribution in [0.25, 0.3) is 99.2 Å². The van der Waals surface area contributed by atoms with Gasteiger partial charge in [-0.15, -0.1) is 0 Å². The second-order valence-electron chi connectivity index (χ2n) is 15.3. The molecule has 0 saturated carbocycles. The van der Waals surface area contributed by atoms with Crippen molar-refractivity contribution in [3.05, 3.63) is 206 Å². The summed E-state index contributed by atoms with van der Waals surface area (Å²) in [5.41, 5.74) is 15.0. The third-order valence-corrected chi connectivity index (χ3v) is 12.0. The van der Waals surface area contributed by atoms with E-state index in [0.717, 1.165) is 45.3 Å². The summed E-state index contributed by atoms with van der Waals surface area (Å²) in [6.07, 6.45) is 9.94. The highest BCUT2D eigenvalue weighted by Gasteiger charge is 2.18. The zero-order valence-corrected chi connectivity index (χ0v) is 31.1. The Balaban J connectivity index is 0.938. The van der Waals surface area contributed by atoms with E-state index < -0.39 is 0 Å². The molecule has 3 nitrogen and oxygen atoms in total. The van der Waals surface area contributed by atoms with Gasteiger partial charge >= 0.3 is 0 Å². The van der Waals surface area contributed by atoms with E-state index in [-0.39, 0.29) is 0 Å². The number of allylic oxidation sites excluding steroid dienone is 4. The Morgan fingerprint density at radius 3 is 1.63 bits per heavy atom. The molecule has 1 aliphatic carbocycles. The van der Waals surface area contributed by atoms with Crippen molar-refractivity contribution in [1.82, 2.24) is 9.13 Å². The number of benzene rings is 8. The van der Waals surface area contributed by atoms with Crippen LogP contribution in [0, 0.1) is 0 Å². The molecule has 0 amide bonds. The minimum absolute atomic E-state index is 0.411. The Hall–Kier alpha value is -7.36. The van der Waals surface area contributed by atoms with Crippen molar-refractivity contribution in [2.75, 3.05) is 0 Å². The maximum atomic E-state index is 6.41. The first kappa shape index (κ1) is 31.9. The van der Waals surface area contributed by atoms with Gasteiger partial charge in [-0.2, -0.15) is 0 Å². The molecule has 0 saturated heterocycles. The highest BCUT2D eigenvalue weighted by atomic mass is 16.3. The molecule has 0 N–H and O–H groups in total. The van der Waals surface area contributed by atoms with Crippen LogP contribution >= 0.6 is 0 Å². The van der Waals surface area contributed by atoms with E-state index in [1.54, 1.807) is 0 Å². The van der Waals surface area contributed by atoms with Crippen LogP contribution < -0.4 is 0 Å². The number of furan rings is 1. The smallest absolute Gasteiger partial charge is 0.135 e. The van der Waals surface area contributed by atoms with E-state index in [9.17, 15) is 0 Å². The maximum Gasteiger partial charge on any atom is 0.135 e. The van der Waals surface area contributed by atoms with Crippen LogP contribution in [0.1, 0.15) is 17.9 Å². The van der Waals surface area contributed by atoms with Gasteiger partial charge in [0.15, 0.2) is 0 Å². The summed E-state index contributed by atoms with van der Waals surface area (Å²) >= 11 is 0. The molecule has 3 heteroatoms. The molecule has 3 aromatic heterocycles. The highest BCUT2D eigenvalue weighted by Crippen LogP contribution is 2.39. The Morgan fingerprint density at radius 2 is 0.947 bits per heavy atom. The van der Waals surface area contributed by atoms with Crippen LogP contribution in [-0.2, 0) is 0 Å². The summed E-state index contributed by atoms with van der Waals surface area (Å²) in [6, 6.07) is 64.2. The topological polar surface area (TPSA) is 23.0 Å². The van der Waals surface area contributed by atoms with E-state index in [2.05, 4.69) is 209 Å². The molecule has 57 heavy (non-hydrogen) atoms. The van der Waals surface area contributed by atoms with E-state index in [4.69, 9.17) is 4.42 Å². The number of rotatable bonds is 5. The molecule has 0 bridgehead atoms. The summed E-state index contributed by atoms with van der Waals surface area (Å²) in [5.74, 6) is 0.411. The van der Waals surface area contributed by atoms with Crippen LogP contribution in [-0.4, -0.2) is 9.13 Å². The van der Waals surface area contributed by atoms with Gasteiger partial charge in [0.1, 0.15) is 11.2 Å². The Bertz CT molecular complexity index is 3410. The predicted octanol–water partition coefficient (Wildman–Crippen LogP) is 14.7. The van der Waals surface area contributed by atoms with Crippen LogP contribution in [0.5, 0.6) is 0 Å². The van der Waals surface area contributed by atoms with Crippen LogP contribution in [0.2, 0.25) is 0 Å². The molecule has 0 aliphatic heterocycles. The summed E-state index contributed by atoms with van der Waals surface area (Å²) in [5, 5.41) is 7.31. The molecule has 8 aromatic carbocycles. The standard InChI is InChI=1S/C54H36N2O/c1-2-12-35(13-3-1)39-24-27-52-46(32-39)45-20-6-9-23-51(45)55(52)41-17-11-16-38(31-41)36-14-10-15-37(30-36)40-25-28-53-47(33-40)48-34-42(26-29-54(48)57-53)56-49-21-7-4-18-43(49)44-19-5-8-22-50(44)56/h1-12,14-35H,13H2. The quantitative estimate of drug-likeness (QED) is 0.173. The van der Waals surface area contributed by atoms with Crippen molar-refractivity contribution < 1.29 is 4.42 Å². The summed E-state index contributed by atoms with van der Waals surface area (Å²) < 4.78 is 11.2. The van der Waals surface area contributed by atoms with Gasteiger partial charge < -0.3 is 13.6 Å². The van der Waals surface area contributed by atoms with Crippen molar-refractivity contribution >= 4 is 65.6 Å². The van der Waals surface area contributed by atoms with Crippen molar-refractivity contribution in [3.8, 4) is 33.6 Å². The first-order valence-corrected chi connectivity index (χ1v) is 19.8. The largest absolute Gasteiger partial charge is 0.456 e. The van der Waals surface area contributed by atoms with Crippen molar-refractivity contribution in [2.24, 2.45) is 0 Å². The molecule has 3 heterocycles. The van der Waals surface area contributed by atoms with Gasteiger partial charge in [0.2, 0.25) is 0 Å². The summed E-state index contributed by atoms with van der Waals surface area (Å²) in [7, 11) is 0. The summed E-state index contributed by atoms with van der Waals surface area (Å²) in [4.78, 5) is 0. The minimum Gasteiger partial charge on any atom is -0.456 e. The monoisotopic (exact) mass is 728 g/mol. The number of hydrogen-bond donors (Lipinski definition) is 0. The van der Waals surface area contributed by atoms with E-state index in [1.165, 1.54) is 65.9 Å². The molecule has 1 atom stereocenters. The first-order chi connectivity index (χ1) is 28.2. The van der Waals surface area contributed by atoms with Gasteiger partial charge in [0, 0.05) is 49.6 Å². The fourth-order valence-corrected chi connectivity index (χ4v) is 9.31. The molecule has 0 spiro atoms. The Morgan fingerprint density at radius 1 is 0.386 bits per heavy atom. The molecule has 1 unspecified atom stereocenters. The molecule has 12 rings (SSSR count). The van der Waals surface area contributed by atoms with Crippen LogP contribution in [0.15, 0.2) is 205 Å². The van der Waals surface area contributed by atoms with Gasteiger partial charge in [0.05, 0.1) is 22.1 Å². The Labute approximate surface area is 329 Å². The van der Waals surface area contributed by atoms with Crippen LogP contribution in [0.3, 0.4) is 0 Å². The number of aromatic nitrogens is 2. The van der Waals surface area contributed by atoms with Crippen LogP contribution in [0.4, 0.5) is 0 Å². The first-order valence-electron chi connectivity index (χ1n) is 19.8. The molecule has 0 fully saturated rings. The second-order valence-corrected chi connectivity index (χ2v) is 15.3. The van der Waals surface area contributed by atoms with Crippen molar-refractivity contribution in [2.45, 2.75) is 12.3 Å². The van der Waals surface area contributed by atoms with E-state index >= 15 is 0 Å². The van der Waals surface area contributed by atoms with Gasteiger partial charge in [-0.05, 0) is 113 Å². The van der Waals surface area contributed by atoms with Gasteiger partial charge in [-0.25, -0.2) is 0 Å². The minimum atomic E-state index is 0.411. The van der Waals surface area contributed by atoms with E-state index in [1.807, 2.05) is 0 Å². The average Bonchev–Trinajstić information content (AvgIpc) is 3.94. The molecular weight excluding hydrogens is 693 g/mol. The normalized spacial score (nSPS) is 14.3. The number of hydrogen-bond acceptors (Lipinski definition) is 1. The van der Waals surface area contributed by atoms with Gasteiger partial charge in [0.25, 0.3) is 0 Å². The third-order valence-electron chi connectivity index (χ3n) is 12.0. The molecule has 268 valence electrons. The lowest BCUT2D eigenvalue weighted by atomic mass is 9.91. The Kier molecular flexibility index (Phi) is 7.05. The summed E-state index contributed by atoms with van der Waals surface area (Å²) in [6.45, 7) is 0. The zero-order chi connectivity index (χ0) is 37.5. The predicted molar refractivity (Wildman–Crippen MR) is 239 cm³/mol. The van der Waals surface area contributed by atoms with Crippen molar-refractivity contribution in [3.63, 3.8) is 0 Å². The second kappa shape index (κ2) is 12.6. The van der Waals surface area contributed by atoms with Crippen molar-refractivity contribution in [1.29, 1.82) is 0 Å². The fourth-order valence-electron chi connectivity index (χ4n) is 9.31.